The number of carbonyl (C=O) groups is 1. The van der Waals surface area contributed by atoms with Gasteiger partial charge in [-0.25, -0.2) is 0 Å². The number of rotatable bonds is 2. The van der Waals surface area contributed by atoms with E-state index in [4.69, 9.17) is 5.73 Å². The van der Waals surface area contributed by atoms with Crippen LogP contribution in [0.2, 0.25) is 0 Å². The minimum atomic E-state index is -0.108. The van der Waals surface area contributed by atoms with Gasteiger partial charge in [0.15, 0.2) is 0 Å². The molecule has 104 valence electrons. The van der Waals surface area contributed by atoms with E-state index in [1.54, 1.807) is 0 Å². The first-order valence-corrected chi connectivity index (χ1v) is 7.39. The molecule has 0 radical (unpaired) electrons. The van der Waals surface area contributed by atoms with E-state index in [1.807, 2.05) is 0 Å². The highest BCUT2D eigenvalue weighted by Gasteiger charge is 2.39. The number of nitrogens with one attached hydrogen (secondary N) is 1. The van der Waals surface area contributed by atoms with Gasteiger partial charge in [0.2, 0.25) is 5.91 Å². The van der Waals surface area contributed by atoms with E-state index >= 15 is 0 Å². The minimum absolute atomic E-state index is 0.0705. The van der Waals surface area contributed by atoms with Crippen molar-refractivity contribution in [2.45, 2.75) is 46.5 Å². The Morgan fingerprint density at radius 2 is 1.72 bits per heavy atom. The molecule has 2 aliphatic rings. The number of primary amides is 1. The molecule has 0 aromatic heterocycles. The van der Waals surface area contributed by atoms with Gasteiger partial charge in [-0.15, -0.1) is 0 Å². The average Bonchev–Trinajstić information content (AvgIpc) is 2.77. The van der Waals surface area contributed by atoms with Crippen LogP contribution in [-0.2, 0) is 4.79 Å². The van der Waals surface area contributed by atoms with E-state index in [0.717, 1.165) is 19.0 Å². The van der Waals surface area contributed by atoms with Gasteiger partial charge in [0, 0.05) is 6.54 Å². The molecule has 2 unspecified atom stereocenters. The van der Waals surface area contributed by atoms with Gasteiger partial charge in [0.1, 0.15) is 0 Å². The van der Waals surface area contributed by atoms with Gasteiger partial charge in [-0.05, 0) is 55.4 Å². The van der Waals surface area contributed by atoms with Crippen molar-refractivity contribution in [2.75, 3.05) is 13.1 Å². The Hall–Kier alpha value is -0.570. The zero-order chi connectivity index (χ0) is 13.3. The summed E-state index contributed by atoms with van der Waals surface area (Å²) in [6.45, 7) is 8.82. The number of nitrogens with two attached hydrogens (primary N) is 1. The van der Waals surface area contributed by atoms with Crippen molar-refractivity contribution in [2.24, 2.45) is 34.8 Å². The van der Waals surface area contributed by atoms with Gasteiger partial charge in [0.25, 0.3) is 0 Å². The molecule has 0 aromatic rings. The van der Waals surface area contributed by atoms with Crippen molar-refractivity contribution in [1.29, 1.82) is 0 Å². The Kier molecular flexibility index (Phi) is 4.00. The molecule has 3 heteroatoms. The fourth-order valence-electron chi connectivity index (χ4n) is 3.92. The highest BCUT2D eigenvalue weighted by Crippen LogP contribution is 2.43. The third-order valence-corrected chi connectivity index (χ3v) is 5.23. The summed E-state index contributed by atoms with van der Waals surface area (Å²) < 4.78 is 0. The van der Waals surface area contributed by atoms with Gasteiger partial charge in [-0.2, -0.15) is 0 Å². The van der Waals surface area contributed by atoms with Crippen molar-refractivity contribution in [3.8, 4) is 0 Å². The van der Waals surface area contributed by atoms with Crippen LogP contribution in [0.15, 0.2) is 0 Å². The Morgan fingerprint density at radius 1 is 1.11 bits per heavy atom. The van der Waals surface area contributed by atoms with Gasteiger partial charge in [0.05, 0.1) is 5.92 Å². The summed E-state index contributed by atoms with van der Waals surface area (Å²) in [7, 11) is 0. The lowest BCUT2D eigenvalue weighted by atomic mass is 9.66. The van der Waals surface area contributed by atoms with E-state index in [0.29, 0.717) is 17.3 Å². The maximum absolute atomic E-state index is 11.5. The monoisotopic (exact) mass is 252 g/mol. The van der Waals surface area contributed by atoms with Crippen LogP contribution in [0.3, 0.4) is 0 Å². The Bertz CT molecular complexity index is 300. The van der Waals surface area contributed by atoms with E-state index in [9.17, 15) is 4.79 Å². The van der Waals surface area contributed by atoms with Crippen molar-refractivity contribution in [3.05, 3.63) is 0 Å². The second-order valence-corrected chi connectivity index (χ2v) is 7.31. The molecule has 3 N–H and O–H groups in total. The van der Waals surface area contributed by atoms with Crippen LogP contribution in [0.25, 0.3) is 0 Å². The van der Waals surface area contributed by atoms with Crippen LogP contribution in [0, 0.1) is 29.1 Å². The lowest BCUT2D eigenvalue weighted by Gasteiger charge is -2.39. The first-order chi connectivity index (χ1) is 8.39. The lowest BCUT2D eigenvalue weighted by Crippen LogP contribution is -2.36. The summed E-state index contributed by atoms with van der Waals surface area (Å²) in [6, 6.07) is 0. The summed E-state index contributed by atoms with van der Waals surface area (Å²) in [6.07, 6.45) is 5.18. The maximum Gasteiger partial charge on any atom is 0.222 e. The van der Waals surface area contributed by atoms with Gasteiger partial charge < -0.3 is 11.1 Å². The molecule has 2 fully saturated rings. The third kappa shape index (κ3) is 2.87. The van der Waals surface area contributed by atoms with Crippen molar-refractivity contribution < 1.29 is 4.79 Å². The number of hydrogen-bond donors (Lipinski definition) is 2. The Labute approximate surface area is 111 Å². The predicted molar refractivity (Wildman–Crippen MR) is 73.9 cm³/mol. The molecule has 2 atom stereocenters. The SMILES string of the molecule is CC(C)(C)C1CCC(C2CNCC2C(N)=O)CC1. The Morgan fingerprint density at radius 3 is 2.22 bits per heavy atom. The molecule has 2 rings (SSSR count). The summed E-state index contributed by atoms with van der Waals surface area (Å²) in [5.74, 6) is 2.00. The quantitative estimate of drug-likeness (QED) is 0.791. The molecule has 0 bridgehead atoms. The Balaban J connectivity index is 1.91. The largest absolute Gasteiger partial charge is 0.369 e. The maximum atomic E-state index is 11.5. The zero-order valence-electron chi connectivity index (χ0n) is 12.0. The first kappa shape index (κ1) is 13.9. The number of amides is 1. The predicted octanol–water partition coefficient (Wildman–Crippen LogP) is 2.16. The van der Waals surface area contributed by atoms with Crippen LogP contribution in [0.5, 0.6) is 0 Å². The molecule has 18 heavy (non-hydrogen) atoms. The molecule has 1 saturated carbocycles. The van der Waals surface area contributed by atoms with Crippen LogP contribution in [-0.4, -0.2) is 19.0 Å². The van der Waals surface area contributed by atoms with Gasteiger partial charge in [-0.3, -0.25) is 4.79 Å². The molecule has 0 aromatic carbocycles. The standard InChI is InChI=1S/C15H28N2O/c1-15(2,3)11-6-4-10(5-7-11)12-8-17-9-13(12)14(16)18/h10-13,17H,4-9H2,1-3H3,(H2,16,18). The number of hydrogen-bond acceptors (Lipinski definition) is 2. The van der Waals surface area contributed by atoms with E-state index in [1.165, 1.54) is 25.7 Å². The first-order valence-electron chi connectivity index (χ1n) is 7.39. The van der Waals surface area contributed by atoms with Crippen LogP contribution in [0.4, 0.5) is 0 Å². The van der Waals surface area contributed by atoms with E-state index in [2.05, 4.69) is 26.1 Å². The van der Waals surface area contributed by atoms with Gasteiger partial charge in [-0.1, -0.05) is 20.8 Å². The fraction of sp³-hybridized carbons (Fsp3) is 0.933. The molecule has 1 amide bonds. The van der Waals surface area contributed by atoms with Crippen molar-refractivity contribution in [1.82, 2.24) is 5.32 Å². The summed E-state index contributed by atoms with van der Waals surface area (Å²) in [4.78, 5) is 11.5. The normalized spacial score (nSPS) is 37.7. The molecular weight excluding hydrogens is 224 g/mol. The molecular formula is C15H28N2O. The highest BCUT2D eigenvalue weighted by molar-refractivity contribution is 5.77. The lowest BCUT2D eigenvalue weighted by molar-refractivity contribution is -0.123. The van der Waals surface area contributed by atoms with E-state index < -0.39 is 0 Å². The molecule has 0 spiro atoms. The fourth-order valence-corrected chi connectivity index (χ4v) is 3.92. The molecule has 1 saturated heterocycles. The molecule has 1 aliphatic carbocycles. The zero-order valence-corrected chi connectivity index (χ0v) is 12.0. The number of carbonyl (C=O) groups excluding carboxylic acids is 1. The minimum Gasteiger partial charge on any atom is -0.369 e. The molecule has 1 heterocycles. The topological polar surface area (TPSA) is 55.1 Å². The molecule has 1 aliphatic heterocycles. The van der Waals surface area contributed by atoms with Crippen LogP contribution < -0.4 is 11.1 Å². The van der Waals surface area contributed by atoms with Crippen molar-refractivity contribution in [3.63, 3.8) is 0 Å². The van der Waals surface area contributed by atoms with Crippen LogP contribution >= 0.6 is 0 Å². The average molecular weight is 252 g/mol. The summed E-state index contributed by atoms with van der Waals surface area (Å²) >= 11 is 0. The summed E-state index contributed by atoms with van der Waals surface area (Å²) in [5, 5.41) is 3.34. The second kappa shape index (κ2) is 5.20. The third-order valence-electron chi connectivity index (χ3n) is 5.23. The highest BCUT2D eigenvalue weighted by atomic mass is 16.1. The van der Waals surface area contributed by atoms with Gasteiger partial charge >= 0.3 is 0 Å². The summed E-state index contributed by atoms with van der Waals surface area (Å²) in [5.41, 5.74) is 5.94. The van der Waals surface area contributed by atoms with Crippen LogP contribution in [0.1, 0.15) is 46.5 Å². The van der Waals surface area contributed by atoms with E-state index in [-0.39, 0.29) is 11.8 Å². The van der Waals surface area contributed by atoms with Crippen molar-refractivity contribution >= 4 is 5.91 Å². The smallest absolute Gasteiger partial charge is 0.222 e. The molecule has 3 nitrogen and oxygen atoms in total. The second-order valence-electron chi connectivity index (χ2n) is 7.31.